The van der Waals surface area contributed by atoms with E-state index in [-0.39, 0.29) is 12.3 Å². The number of hydrogen-bond acceptors (Lipinski definition) is 4. The molecule has 2 N–H and O–H groups in total. The first-order chi connectivity index (χ1) is 15.6. The Morgan fingerprint density at radius 3 is 2.59 bits per heavy atom. The second-order valence-electron chi connectivity index (χ2n) is 7.15. The first kappa shape index (κ1) is 23.4. The van der Waals surface area contributed by atoms with Crippen molar-refractivity contribution in [3.05, 3.63) is 65.7 Å². The van der Waals surface area contributed by atoms with E-state index in [9.17, 15) is 8.78 Å². The Labute approximate surface area is 187 Å². The molecule has 6 nitrogen and oxygen atoms in total. The van der Waals surface area contributed by atoms with Crippen molar-refractivity contribution in [3.8, 4) is 11.5 Å². The van der Waals surface area contributed by atoms with Gasteiger partial charge in [-0.2, -0.15) is 8.78 Å². The number of ether oxygens (including phenoxy) is 2. The van der Waals surface area contributed by atoms with Gasteiger partial charge in [-0.05, 0) is 37.6 Å². The number of nitrogens with one attached hydrogen (secondary N) is 2. The smallest absolute Gasteiger partial charge is 0.387 e. The Balaban J connectivity index is 1.70. The molecule has 172 valence electrons. The number of alkyl halides is 2. The molecule has 0 radical (unpaired) electrons. The van der Waals surface area contributed by atoms with Gasteiger partial charge in [0.25, 0.3) is 0 Å². The third-order valence-electron chi connectivity index (χ3n) is 4.87. The number of guanidine groups is 1. The topological polar surface area (TPSA) is 58.1 Å². The van der Waals surface area contributed by atoms with Gasteiger partial charge in [0, 0.05) is 37.4 Å². The highest BCUT2D eigenvalue weighted by Crippen LogP contribution is 2.32. The van der Waals surface area contributed by atoms with Crippen molar-refractivity contribution in [1.29, 1.82) is 0 Å². The first-order valence-electron chi connectivity index (χ1n) is 10.8. The number of benzene rings is 2. The van der Waals surface area contributed by atoms with Gasteiger partial charge in [0.1, 0.15) is 0 Å². The van der Waals surface area contributed by atoms with E-state index in [2.05, 4.69) is 44.8 Å². The lowest BCUT2D eigenvalue weighted by atomic mass is 10.2. The van der Waals surface area contributed by atoms with Crippen LogP contribution in [0.3, 0.4) is 0 Å². The Kier molecular flexibility index (Phi) is 8.71. The maximum atomic E-state index is 13.0. The highest BCUT2D eigenvalue weighted by Gasteiger charge is 2.16. The summed E-state index contributed by atoms with van der Waals surface area (Å²) in [7, 11) is 0. The van der Waals surface area contributed by atoms with Crippen molar-refractivity contribution in [2.24, 2.45) is 4.99 Å². The van der Waals surface area contributed by atoms with Gasteiger partial charge < -0.3 is 25.0 Å². The fourth-order valence-corrected chi connectivity index (χ4v) is 3.42. The molecule has 8 heteroatoms. The van der Waals surface area contributed by atoms with Crippen molar-refractivity contribution in [1.82, 2.24) is 10.6 Å². The van der Waals surface area contributed by atoms with Gasteiger partial charge in [-0.3, -0.25) is 0 Å². The third kappa shape index (κ3) is 6.60. The summed E-state index contributed by atoms with van der Waals surface area (Å²) in [4.78, 5) is 6.94. The summed E-state index contributed by atoms with van der Waals surface area (Å²) in [6, 6.07) is 13.4. The summed E-state index contributed by atoms with van der Waals surface area (Å²) in [5.74, 6) is 0.924. The average Bonchev–Trinajstić information content (AvgIpc) is 3.32. The van der Waals surface area contributed by atoms with Crippen LogP contribution in [0.4, 0.5) is 14.5 Å². The number of para-hydroxylation sites is 1. The number of rotatable bonds is 10. The van der Waals surface area contributed by atoms with Crippen molar-refractivity contribution >= 4 is 11.6 Å². The van der Waals surface area contributed by atoms with Crippen LogP contribution in [0.2, 0.25) is 0 Å². The van der Waals surface area contributed by atoms with Crippen molar-refractivity contribution < 1.29 is 18.3 Å². The standard InChI is InChI=1S/C24H30F2N4O2/c1-3-27-24(28-16-18-9-7-11-20(15-18)30-13-5-6-14-30)29-17-19-10-8-12-21(31-4-2)22(19)32-23(25)26/h5-12,15,23H,3-4,13-14,16-17H2,1-2H3,(H2,27,28,29). The van der Waals surface area contributed by atoms with Gasteiger partial charge in [0.2, 0.25) is 0 Å². The predicted octanol–water partition coefficient (Wildman–Crippen LogP) is 4.32. The van der Waals surface area contributed by atoms with Crippen molar-refractivity contribution in [2.45, 2.75) is 33.5 Å². The van der Waals surface area contributed by atoms with E-state index in [1.54, 1.807) is 25.1 Å². The summed E-state index contributed by atoms with van der Waals surface area (Å²) in [5, 5.41) is 6.39. The Morgan fingerprint density at radius 1 is 1.09 bits per heavy atom. The van der Waals surface area contributed by atoms with E-state index in [4.69, 9.17) is 9.47 Å². The van der Waals surface area contributed by atoms with Crippen LogP contribution in [0.5, 0.6) is 11.5 Å². The molecule has 1 aliphatic rings. The molecule has 32 heavy (non-hydrogen) atoms. The van der Waals surface area contributed by atoms with Crippen LogP contribution in [0, 0.1) is 0 Å². The Morgan fingerprint density at radius 2 is 1.88 bits per heavy atom. The fourth-order valence-electron chi connectivity index (χ4n) is 3.42. The maximum Gasteiger partial charge on any atom is 0.387 e. The molecular formula is C24H30F2N4O2. The number of aliphatic imine (C=N–C) groups is 1. The lowest BCUT2D eigenvalue weighted by Crippen LogP contribution is -2.37. The molecule has 0 atom stereocenters. The maximum absolute atomic E-state index is 13.0. The van der Waals surface area contributed by atoms with Crippen molar-refractivity contribution in [2.75, 3.05) is 31.1 Å². The SMILES string of the molecule is CCNC(=NCc1cccc(N2CC=CC2)c1)NCc1cccc(OCC)c1OC(F)F. The molecule has 2 aromatic carbocycles. The lowest BCUT2D eigenvalue weighted by Gasteiger charge is -2.18. The van der Waals surface area contributed by atoms with E-state index in [1.807, 2.05) is 19.1 Å². The van der Waals surface area contributed by atoms with E-state index in [1.165, 1.54) is 5.69 Å². The Hall–Kier alpha value is -3.29. The number of hydrogen-bond donors (Lipinski definition) is 2. The van der Waals surface area contributed by atoms with Gasteiger partial charge in [-0.15, -0.1) is 0 Å². The summed E-state index contributed by atoms with van der Waals surface area (Å²) < 4.78 is 36.1. The van der Waals surface area contributed by atoms with Crippen molar-refractivity contribution in [3.63, 3.8) is 0 Å². The second-order valence-corrected chi connectivity index (χ2v) is 7.15. The quantitative estimate of drug-likeness (QED) is 0.325. The van der Waals surface area contributed by atoms with Crippen LogP contribution in [0.15, 0.2) is 59.6 Å². The molecule has 0 unspecified atom stereocenters. The molecule has 1 heterocycles. The summed E-state index contributed by atoms with van der Waals surface area (Å²) >= 11 is 0. The summed E-state index contributed by atoms with van der Waals surface area (Å²) in [5.41, 5.74) is 2.82. The zero-order chi connectivity index (χ0) is 22.8. The molecule has 0 amide bonds. The molecule has 0 bridgehead atoms. The number of halogens is 2. The normalized spacial score (nSPS) is 13.5. The third-order valence-corrected chi connectivity index (χ3v) is 4.87. The minimum Gasteiger partial charge on any atom is -0.490 e. The Bertz CT molecular complexity index is 926. The molecule has 0 saturated heterocycles. The molecule has 0 aliphatic carbocycles. The average molecular weight is 445 g/mol. The van der Waals surface area contributed by atoms with Gasteiger partial charge >= 0.3 is 6.61 Å². The minimum absolute atomic E-state index is 0.0413. The lowest BCUT2D eigenvalue weighted by molar-refractivity contribution is -0.0520. The molecule has 0 aromatic heterocycles. The largest absolute Gasteiger partial charge is 0.490 e. The number of anilines is 1. The monoisotopic (exact) mass is 444 g/mol. The van der Waals surface area contributed by atoms with Gasteiger partial charge in [-0.1, -0.05) is 36.4 Å². The minimum atomic E-state index is -2.93. The fraction of sp³-hybridized carbons (Fsp3) is 0.375. The van der Waals surface area contributed by atoms with Gasteiger partial charge in [-0.25, -0.2) is 4.99 Å². The molecule has 0 spiro atoms. The van der Waals surface area contributed by atoms with E-state index in [0.717, 1.165) is 18.7 Å². The summed E-state index contributed by atoms with van der Waals surface area (Å²) in [6.07, 6.45) is 4.31. The number of nitrogens with zero attached hydrogens (tertiary/aromatic N) is 2. The van der Waals surface area contributed by atoms with Crippen LogP contribution in [0.1, 0.15) is 25.0 Å². The van der Waals surface area contributed by atoms with Crippen LogP contribution in [0.25, 0.3) is 0 Å². The highest BCUT2D eigenvalue weighted by molar-refractivity contribution is 5.79. The zero-order valence-electron chi connectivity index (χ0n) is 18.5. The van der Waals surface area contributed by atoms with E-state index < -0.39 is 6.61 Å². The molecule has 0 fully saturated rings. The molecular weight excluding hydrogens is 414 g/mol. The second kappa shape index (κ2) is 11.9. The van der Waals surface area contributed by atoms with Gasteiger partial charge in [0.15, 0.2) is 17.5 Å². The summed E-state index contributed by atoms with van der Waals surface area (Å²) in [6.45, 7) is 4.44. The molecule has 2 aromatic rings. The van der Waals surface area contributed by atoms with Crippen LogP contribution in [-0.4, -0.2) is 38.8 Å². The zero-order valence-corrected chi connectivity index (χ0v) is 18.5. The highest BCUT2D eigenvalue weighted by atomic mass is 19.3. The molecule has 0 saturated carbocycles. The van der Waals surface area contributed by atoms with E-state index >= 15 is 0 Å². The first-order valence-corrected chi connectivity index (χ1v) is 10.8. The van der Waals surface area contributed by atoms with Gasteiger partial charge in [0.05, 0.1) is 13.2 Å². The predicted molar refractivity (Wildman–Crippen MR) is 124 cm³/mol. The molecule has 1 aliphatic heterocycles. The van der Waals surface area contributed by atoms with Crippen LogP contribution in [-0.2, 0) is 13.1 Å². The van der Waals surface area contributed by atoms with Crippen LogP contribution >= 0.6 is 0 Å². The molecule has 3 rings (SSSR count). The van der Waals surface area contributed by atoms with Crippen LogP contribution < -0.4 is 25.0 Å². The van der Waals surface area contributed by atoms with E-state index in [0.29, 0.717) is 37.0 Å².